The van der Waals surface area contributed by atoms with Gasteiger partial charge in [-0.1, -0.05) is 27.5 Å². The fraction of sp³-hybridized carbons (Fsp3) is 0.250. The van der Waals surface area contributed by atoms with Crippen molar-refractivity contribution in [2.24, 2.45) is 7.05 Å². The van der Waals surface area contributed by atoms with Crippen LogP contribution in [0.2, 0.25) is 5.15 Å². The van der Waals surface area contributed by atoms with Crippen LogP contribution >= 0.6 is 27.5 Å². The van der Waals surface area contributed by atoms with Crippen LogP contribution in [0.25, 0.3) is 0 Å². The molecule has 12 heteroatoms. The lowest BCUT2D eigenvalue weighted by molar-refractivity contribution is -0.274. The second-order valence-electron chi connectivity index (χ2n) is 4.62. The molecule has 0 saturated heterocycles. The van der Waals surface area contributed by atoms with E-state index in [4.69, 9.17) is 11.6 Å². The quantitative estimate of drug-likeness (QED) is 0.771. The Hall–Kier alpha value is -1.46. The van der Waals surface area contributed by atoms with Gasteiger partial charge in [0.1, 0.15) is 10.0 Å². The van der Waals surface area contributed by atoms with Crippen LogP contribution in [0.1, 0.15) is 5.69 Å². The first-order valence-corrected chi connectivity index (χ1v) is 8.83. The van der Waals surface area contributed by atoms with Crippen LogP contribution < -0.4 is 9.46 Å². The Labute approximate surface area is 148 Å². The molecule has 0 aliphatic rings. The minimum Gasteiger partial charge on any atom is -0.403 e. The summed E-state index contributed by atoms with van der Waals surface area (Å²) in [7, 11) is -2.84. The molecular formula is C12H10BrClF3N3O3S. The molecule has 0 bridgehead atoms. The first kappa shape index (κ1) is 18.9. The highest BCUT2D eigenvalue weighted by Gasteiger charge is 2.33. The van der Waals surface area contributed by atoms with E-state index in [0.29, 0.717) is 0 Å². The van der Waals surface area contributed by atoms with E-state index in [2.05, 4.69) is 25.8 Å². The highest BCUT2D eigenvalue weighted by molar-refractivity contribution is 9.10. The van der Waals surface area contributed by atoms with Gasteiger partial charge < -0.3 is 4.74 Å². The number of hydrogen-bond acceptors (Lipinski definition) is 4. The van der Waals surface area contributed by atoms with Gasteiger partial charge in [0.15, 0.2) is 5.75 Å². The molecule has 1 N–H and O–H groups in total. The number of sulfonamides is 1. The van der Waals surface area contributed by atoms with Crippen LogP contribution in [0.15, 0.2) is 27.6 Å². The Morgan fingerprint density at radius 2 is 2.00 bits per heavy atom. The van der Waals surface area contributed by atoms with Crippen molar-refractivity contribution in [1.82, 2.24) is 9.78 Å². The summed E-state index contributed by atoms with van der Waals surface area (Å²) in [6, 6.07) is 3.48. The zero-order chi connectivity index (χ0) is 18.3. The summed E-state index contributed by atoms with van der Waals surface area (Å²) in [6.07, 6.45) is -4.98. The average molecular weight is 449 g/mol. The molecule has 24 heavy (non-hydrogen) atoms. The van der Waals surface area contributed by atoms with Crippen LogP contribution in [-0.4, -0.2) is 24.6 Å². The molecule has 0 spiro atoms. The van der Waals surface area contributed by atoms with Crippen molar-refractivity contribution in [3.8, 4) is 5.75 Å². The summed E-state index contributed by atoms with van der Waals surface area (Å²) < 4.78 is 69.7. The summed E-state index contributed by atoms with van der Waals surface area (Å²) in [4.78, 5) is -0.326. The molecule has 0 radical (unpaired) electrons. The number of halogens is 5. The Balaban J connectivity index is 2.47. The van der Waals surface area contributed by atoms with Crippen molar-refractivity contribution in [3.63, 3.8) is 0 Å². The number of nitrogens with one attached hydrogen (secondary N) is 1. The van der Waals surface area contributed by atoms with Crippen molar-refractivity contribution < 1.29 is 26.3 Å². The Morgan fingerprint density at radius 1 is 1.38 bits per heavy atom. The highest BCUT2D eigenvalue weighted by Crippen LogP contribution is 2.35. The van der Waals surface area contributed by atoms with Gasteiger partial charge in [0, 0.05) is 11.5 Å². The minimum atomic E-state index is -4.98. The van der Waals surface area contributed by atoms with Gasteiger partial charge in [0.25, 0.3) is 10.0 Å². The van der Waals surface area contributed by atoms with Crippen LogP contribution in [0.3, 0.4) is 0 Å². The molecule has 0 amide bonds. The van der Waals surface area contributed by atoms with E-state index in [0.717, 1.165) is 16.8 Å². The molecule has 0 aliphatic carbocycles. The van der Waals surface area contributed by atoms with E-state index < -0.39 is 27.8 Å². The fourth-order valence-corrected chi connectivity index (χ4v) is 4.06. The normalized spacial score (nSPS) is 12.3. The Bertz CT molecular complexity index is 884. The average Bonchev–Trinajstić information content (AvgIpc) is 2.65. The number of aryl methyl sites for hydroxylation is 2. The number of benzene rings is 1. The van der Waals surface area contributed by atoms with Gasteiger partial charge in [-0.2, -0.15) is 5.10 Å². The predicted octanol–water partition coefficient (Wildman–Crippen LogP) is 3.84. The maximum Gasteiger partial charge on any atom is 0.573 e. The number of aromatic nitrogens is 2. The third-order valence-electron chi connectivity index (χ3n) is 2.78. The Kier molecular flexibility index (Phi) is 5.07. The van der Waals surface area contributed by atoms with E-state index in [9.17, 15) is 21.6 Å². The lowest BCUT2D eigenvalue weighted by atomic mass is 10.3. The zero-order valence-electron chi connectivity index (χ0n) is 12.1. The third kappa shape index (κ3) is 4.14. The van der Waals surface area contributed by atoms with Gasteiger partial charge >= 0.3 is 6.36 Å². The van der Waals surface area contributed by atoms with Gasteiger partial charge in [-0.3, -0.25) is 9.40 Å². The molecule has 0 unspecified atom stereocenters. The molecule has 2 aromatic rings. The van der Waals surface area contributed by atoms with E-state index in [1.165, 1.54) is 20.0 Å². The molecule has 0 aliphatic heterocycles. The molecule has 0 atom stereocenters. The topological polar surface area (TPSA) is 73.2 Å². The molecule has 6 nitrogen and oxygen atoms in total. The van der Waals surface area contributed by atoms with Crippen LogP contribution in [-0.2, 0) is 17.1 Å². The molecule has 1 aromatic carbocycles. The van der Waals surface area contributed by atoms with Gasteiger partial charge in [0.2, 0.25) is 0 Å². The van der Waals surface area contributed by atoms with Gasteiger partial charge in [-0.15, -0.1) is 13.2 Å². The standard InChI is InChI=1S/C12H10BrClF3N3O3S/c1-6-10(11(14)20(2)18-6)24(21,22)19-8-4-3-7(13)5-9(8)23-12(15,16)17/h3-5,19H,1-2H3. The van der Waals surface area contributed by atoms with Crippen molar-refractivity contribution in [2.45, 2.75) is 18.2 Å². The van der Waals surface area contributed by atoms with Crippen LogP contribution in [0.5, 0.6) is 5.75 Å². The number of alkyl halides is 3. The Morgan fingerprint density at radius 3 is 2.50 bits per heavy atom. The SMILES string of the molecule is Cc1nn(C)c(Cl)c1S(=O)(=O)Nc1ccc(Br)cc1OC(F)(F)F. The van der Waals surface area contributed by atoms with Gasteiger partial charge in [-0.25, -0.2) is 8.42 Å². The van der Waals surface area contributed by atoms with E-state index in [1.54, 1.807) is 0 Å². The van der Waals surface area contributed by atoms with Crippen molar-refractivity contribution in [2.75, 3.05) is 4.72 Å². The smallest absolute Gasteiger partial charge is 0.403 e. The van der Waals surface area contributed by atoms with E-state index in [-0.39, 0.29) is 20.2 Å². The molecule has 1 heterocycles. The van der Waals surface area contributed by atoms with Gasteiger partial charge in [-0.05, 0) is 25.1 Å². The molecule has 0 fully saturated rings. The number of ether oxygens (including phenoxy) is 1. The number of hydrogen-bond donors (Lipinski definition) is 1. The first-order valence-electron chi connectivity index (χ1n) is 6.18. The zero-order valence-corrected chi connectivity index (χ0v) is 15.3. The first-order chi connectivity index (χ1) is 10.9. The maximum atomic E-state index is 12.5. The molecule has 2 rings (SSSR count). The van der Waals surface area contributed by atoms with E-state index >= 15 is 0 Å². The number of anilines is 1. The number of rotatable bonds is 4. The molecule has 132 valence electrons. The van der Waals surface area contributed by atoms with Crippen molar-refractivity contribution >= 4 is 43.2 Å². The van der Waals surface area contributed by atoms with Crippen LogP contribution in [0.4, 0.5) is 18.9 Å². The highest BCUT2D eigenvalue weighted by atomic mass is 79.9. The molecular weight excluding hydrogens is 439 g/mol. The largest absolute Gasteiger partial charge is 0.573 e. The minimum absolute atomic E-state index is 0.102. The monoisotopic (exact) mass is 447 g/mol. The lowest BCUT2D eigenvalue weighted by Crippen LogP contribution is -2.20. The molecule has 0 saturated carbocycles. The van der Waals surface area contributed by atoms with Gasteiger partial charge in [0.05, 0.1) is 11.4 Å². The summed E-state index contributed by atoms with van der Waals surface area (Å²) in [5.41, 5.74) is -0.291. The third-order valence-corrected chi connectivity index (χ3v) is 5.34. The second kappa shape index (κ2) is 6.45. The maximum absolute atomic E-state index is 12.5. The lowest BCUT2D eigenvalue weighted by Gasteiger charge is -2.15. The summed E-state index contributed by atoms with van der Waals surface area (Å²) in [5, 5.41) is 3.69. The summed E-state index contributed by atoms with van der Waals surface area (Å²) in [6.45, 7) is 1.41. The van der Waals surface area contributed by atoms with E-state index in [1.807, 2.05) is 4.72 Å². The number of nitrogens with zero attached hydrogens (tertiary/aromatic N) is 2. The second-order valence-corrected chi connectivity index (χ2v) is 7.52. The van der Waals surface area contributed by atoms with Crippen molar-refractivity contribution in [1.29, 1.82) is 0 Å². The van der Waals surface area contributed by atoms with Crippen molar-refractivity contribution in [3.05, 3.63) is 33.5 Å². The van der Waals surface area contributed by atoms with Crippen LogP contribution in [0, 0.1) is 6.92 Å². The summed E-state index contributed by atoms with van der Waals surface area (Å²) in [5.74, 6) is -0.710. The predicted molar refractivity (Wildman–Crippen MR) is 84.6 cm³/mol. The molecule has 1 aromatic heterocycles. The summed E-state index contributed by atoms with van der Waals surface area (Å²) >= 11 is 8.89. The fourth-order valence-electron chi connectivity index (χ4n) is 1.90.